The first kappa shape index (κ1) is 15.4. The van der Waals surface area contributed by atoms with Gasteiger partial charge in [-0.15, -0.1) is 0 Å². The lowest BCUT2D eigenvalue weighted by Crippen LogP contribution is -2.19. The van der Waals surface area contributed by atoms with Gasteiger partial charge in [-0.2, -0.15) is 5.10 Å². The molecule has 22 heavy (non-hydrogen) atoms. The fourth-order valence-electron chi connectivity index (χ4n) is 2.96. The molecular formula is C16H18ClF2N3. The predicted octanol–water partition coefficient (Wildman–Crippen LogP) is 3.76. The van der Waals surface area contributed by atoms with Gasteiger partial charge in [-0.25, -0.2) is 8.78 Å². The van der Waals surface area contributed by atoms with E-state index in [0.29, 0.717) is 17.3 Å². The second kappa shape index (κ2) is 5.97. The van der Waals surface area contributed by atoms with Gasteiger partial charge in [0, 0.05) is 30.3 Å². The van der Waals surface area contributed by atoms with Crippen molar-refractivity contribution in [2.75, 3.05) is 6.54 Å². The van der Waals surface area contributed by atoms with Gasteiger partial charge in [0.05, 0.1) is 5.92 Å². The van der Waals surface area contributed by atoms with Gasteiger partial charge in [0.25, 0.3) is 5.92 Å². The van der Waals surface area contributed by atoms with E-state index < -0.39 is 17.8 Å². The molecule has 1 heterocycles. The molecule has 0 bridgehead atoms. The van der Waals surface area contributed by atoms with E-state index in [0.717, 1.165) is 17.7 Å². The average Bonchev–Trinajstić information content (AvgIpc) is 2.87. The van der Waals surface area contributed by atoms with Crippen LogP contribution in [0.2, 0.25) is 5.15 Å². The number of nitrogens with one attached hydrogen (secondary N) is 2. The van der Waals surface area contributed by atoms with Gasteiger partial charge in [0.1, 0.15) is 0 Å². The number of halogens is 3. The summed E-state index contributed by atoms with van der Waals surface area (Å²) >= 11 is 6.00. The summed E-state index contributed by atoms with van der Waals surface area (Å²) < 4.78 is 27.9. The number of aromatic amines is 1. The Labute approximate surface area is 133 Å². The maximum absolute atomic E-state index is 14.0. The number of nitrogens with zero attached hydrogens (tertiary/aromatic N) is 1. The topological polar surface area (TPSA) is 40.7 Å². The summed E-state index contributed by atoms with van der Waals surface area (Å²) in [7, 11) is 0. The Hall–Kier alpha value is -1.46. The molecule has 1 aliphatic rings. The van der Waals surface area contributed by atoms with Crippen molar-refractivity contribution >= 4 is 11.6 Å². The predicted molar refractivity (Wildman–Crippen MR) is 82.3 cm³/mol. The van der Waals surface area contributed by atoms with Gasteiger partial charge >= 0.3 is 0 Å². The second-order valence-electron chi connectivity index (χ2n) is 5.63. The van der Waals surface area contributed by atoms with Crippen LogP contribution < -0.4 is 5.32 Å². The smallest absolute Gasteiger partial charge is 0.260 e. The van der Waals surface area contributed by atoms with Crippen LogP contribution in [0.25, 0.3) is 0 Å². The van der Waals surface area contributed by atoms with Crippen molar-refractivity contribution in [2.45, 2.75) is 31.7 Å². The van der Waals surface area contributed by atoms with E-state index in [1.807, 2.05) is 13.0 Å². The van der Waals surface area contributed by atoms with Gasteiger partial charge in [0.2, 0.25) is 0 Å². The van der Waals surface area contributed by atoms with Crippen LogP contribution >= 0.6 is 11.6 Å². The SMILES string of the molecule is CCc1[nH]nc(Cl)c1CNC[C@@H]1[C@@H](c2ccccc2)C1(F)F. The van der Waals surface area contributed by atoms with E-state index in [1.165, 1.54) is 0 Å². The van der Waals surface area contributed by atoms with Gasteiger partial charge in [0.15, 0.2) is 5.15 Å². The maximum atomic E-state index is 14.0. The van der Waals surface area contributed by atoms with E-state index in [9.17, 15) is 8.78 Å². The number of hydrogen-bond donors (Lipinski definition) is 2. The molecule has 0 unspecified atom stereocenters. The summed E-state index contributed by atoms with van der Waals surface area (Å²) in [4.78, 5) is 0. The first-order valence-electron chi connectivity index (χ1n) is 7.40. The Kier molecular flexibility index (Phi) is 4.19. The molecular weight excluding hydrogens is 308 g/mol. The highest BCUT2D eigenvalue weighted by molar-refractivity contribution is 6.30. The van der Waals surface area contributed by atoms with Crippen LogP contribution in [0.1, 0.15) is 29.7 Å². The van der Waals surface area contributed by atoms with Gasteiger partial charge in [-0.05, 0) is 12.0 Å². The minimum atomic E-state index is -2.64. The zero-order chi connectivity index (χ0) is 15.7. The van der Waals surface area contributed by atoms with Crippen LogP contribution in [0, 0.1) is 5.92 Å². The van der Waals surface area contributed by atoms with Crippen LogP contribution in [0.4, 0.5) is 8.78 Å². The molecule has 3 rings (SSSR count). The molecule has 2 atom stereocenters. The lowest BCUT2D eigenvalue weighted by atomic mass is 10.1. The number of aromatic nitrogens is 2. The number of rotatable bonds is 6. The number of alkyl halides is 2. The lowest BCUT2D eigenvalue weighted by Gasteiger charge is -2.04. The van der Waals surface area contributed by atoms with Gasteiger partial charge in [-0.1, -0.05) is 48.9 Å². The van der Waals surface area contributed by atoms with E-state index in [2.05, 4.69) is 15.5 Å². The van der Waals surface area contributed by atoms with Crippen LogP contribution in [-0.4, -0.2) is 22.7 Å². The summed E-state index contributed by atoms with van der Waals surface area (Å²) in [6.07, 6.45) is 0.781. The normalized spacial score (nSPS) is 22.7. The molecule has 0 radical (unpaired) electrons. The largest absolute Gasteiger partial charge is 0.312 e. The highest BCUT2D eigenvalue weighted by Crippen LogP contribution is 2.61. The zero-order valence-corrected chi connectivity index (χ0v) is 13.0. The molecule has 0 saturated heterocycles. The molecule has 1 aromatic heterocycles. The molecule has 1 aliphatic carbocycles. The minimum absolute atomic E-state index is 0.261. The molecule has 6 heteroatoms. The summed E-state index contributed by atoms with van der Waals surface area (Å²) in [5.74, 6) is -3.99. The summed E-state index contributed by atoms with van der Waals surface area (Å²) in [6.45, 7) is 2.71. The fraction of sp³-hybridized carbons (Fsp3) is 0.438. The molecule has 1 saturated carbocycles. The average molecular weight is 326 g/mol. The van der Waals surface area contributed by atoms with E-state index in [1.54, 1.807) is 24.3 Å². The van der Waals surface area contributed by atoms with Crippen molar-refractivity contribution < 1.29 is 8.78 Å². The Balaban J connectivity index is 1.59. The second-order valence-corrected chi connectivity index (χ2v) is 5.98. The molecule has 1 fully saturated rings. The van der Waals surface area contributed by atoms with E-state index in [4.69, 9.17) is 11.6 Å². The molecule has 0 spiro atoms. The van der Waals surface area contributed by atoms with Crippen molar-refractivity contribution in [2.24, 2.45) is 5.92 Å². The molecule has 2 N–H and O–H groups in total. The highest BCUT2D eigenvalue weighted by Gasteiger charge is 2.68. The van der Waals surface area contributed by atoms with Crippen molar-refractivity contribution in [1.29, 1.82) is 0 Å². The molecule has 3 nitrogen and oxygen atoms in total. The summed E-state index contributed by atoms with van der Waals surface area (Å²) in [5, 5.41) is 10.3. The fourth-order valence-corrected chi connectivity index (χ4v) is 3.18. The molecule has 0 amide bonds. The van der Waals surface area contributed by atoms with Crippen molar-refractivity contribution in [3.8, 4) is 0 Å². The third-order valence-corrected chi connectivity index (χ3v) is 4.60. The monoisotopic (exact) mass is 325 g/mol. The number of benzene rings is 1. The summed E-state index contributed by atoms with van der Waals surface area (Å²) in [6, 6.07) is 8.96. The number of hydrogen-bond acceptors (Lipinski definition) is 2. The number of aryl methyl sites for hydroxylation is 1. The quantitative estimate of drug-likeness (QED) is 0.849. The molecule has 1 aromatic carbocycles. The first-order chi connectivity index (χ1) is 10.6. The van der Waals surface area contributed by atoms with E-state index >= 15 is 0 Å². The van der Waals surface area contributed by atoms with Crippen LogP contribution in [0.3, 0.4) is 0 Å². The molecule has 2 aromatic rings. The van der Waals surface area contributed by atoms with Gasteiger partial charge in [-0.3, -0.25) is 5.10 Å². The van der Waals surface area contributed by atoms with Crippen molar-refractivity contribution in [1.82, 2.24) is 15.5 Å². The Morgan fingerprint density at radius 1 is 1.32 bits per heavy atom. The third-order valence-electron chi connectivity index (χ3n) is 4.28. The van der Waals surface area contributed by atoms with E-state index in [-0.39, 0.29) is 6.54 Å². The molecule has 0 aliphatic heterocycles. The standard InChI is InChI=1S/C16H18ClF2N3/c1-2-13-11(15(17)22-21-13)8-20-9-12-14(16(12,18)19)10-6-4-3-5-7-10/h3-7,12,14,20H,2,8-9H2,1H3,(H,21,22)/t12-,14-/m1/s1. The van der Waals surface area contributed by atoms with Crippen LogP contribution in [-0.2, 0) is 13.0 Å². The Morgan fingerprint density at radius 3 is 2.73 bits per heavy atom. The third kappa shape index (κ3) is 2.75. The maximum Gasteiger partial charge on any atom is 0.260 e. The summed E-state index contributed by atoms with van der Waals surface area (Å²) in [5.41, 5.74) is 2.51. The Bertz CT molecular complexity index is 642. The zero-order valence-electron chi connectivity index (χ0n) is 12.2. The molecule has 118 valence electrons. The number of H-pyrrole nitrogens is 1. The van der Waals surface area contributed by atoms with Gasteiger partial charge < -0.3 is 5.32 Å². The first-order valence-corrected chi connectivity index (χ1v) is 7.78. The van der Waals surface area contributed by atoms with Crippen LogP contribution in [0.5, 0.6) is 0 Å². The van der Waals surface area contributed by atoms with Crippen molar-refractivity contribution in [3.05, 3.63) is 52.3 Å². The van der Waals surface area contributed by atoms with Crippen molar-refractivity contribution in [3.63, 3.8) is 0 Å². The minimum Gasteiger partial charge on any atom is -0.312 e. The highest BCUT2D eigenvalue weighted by atomic mass is 35.5. The Morgan fingerprint density at radius 2 is 2.05 bits per heavy atom. The van der Waals surface area contributed by atoms with Crippen LogP contribution in [0.15, 0.2) is 30.3 Å². The lowest BCUT2D eigenvalue weighted by molar-refractivity contribution is 0.0930.